The van der Waals surface area contributed by atoms with Gasteiger partial charge in [-0.15, -0.1) is 24.0 Å². The molecule has 1 aromatic carbocycles. The van der Waals surface area contributed by atoms with Crippen molar-refractivity contribution in [2.24, 2.45) is 10.9 Å². The van der Waals surface area contributed by atoms with Gasteiger partial charge in [-0.2, -0.15) is 0 Å². The Morgan fingerprint density at radius 2 is 1.72 bits per heavy atom. The van der Waals surface area contributed by atoms with Crippen LogP contribution in [0.5, 0.6) is 0 Å². The fourth-order valence-electron chi connectivity index (χ4n) is 2.20. The van der Waals surface area contributed by atoms with Gasteiger partial charge < -0.3 is 16.0 Å². The molecule has 0 spiro atoms. The molecule has 0 fully saturated rings. The topological polar surface area (TPSA) is 65.5 Å². The molecule has 0 radical (unpaired) electrons. The molecule has 0 heterocycles. The third-order valence-electron chi connectivity index (χ3n) is 3.79. The molecule has 1 atom stereocenters. The Morgan fingerprint density at radius 1 is 1.08 bits per heavy atom. The van der Waals surface area contributed by atoms with Gasteiger partial charge in [0.2, 0.25) is 5.91 Å². The Kier molecular flexibility index (Phi) is 12.3. The summed E-state index contributed by atoms with van der Waals surface area (Å²) in [5.41, 5.74) is 2.57. The molecular formula is C19H33IN4O. The lowest BCUT2D eigenvalue weighted by Crippen LogP contribution is -2.39. The molecule has 3 N–H and O–H groups in total. The van der Waals surface area contributed by atoms with Gasteiger partial charge in [-0.25, -0.2) is 0 Å². The average Bonchev–Trinajstić information content (AvgIpc) is 2.58. The molecule has 0 aromatic heterocycles. The molecule has 0 saturated heterocycles. The van der Waals surface area contributed by atoms with Crippen molar-refractivity contribution in [3.05, 3.63) is 35.4 Å². The van der Waals surface area contributed by atoms with Gasteiger partial charge in [0.05, 0.1) is 12.6 Å². The van der Waals surface area contributed by atoms with Crippen LogP contribution in [0.1, 0.15) is 51.8 Å². The first kappa shape index (κ1) is 23.7. The summed E-state index contributed by atoms with van der Waals surface area (Å²) >= 11 is 0. The lowest BCUT2D eigenvalue weighted by atomic mass is 10.1. The van der Waals surface area contributed by atoms with Gasteiger partial charge in [0.15, 0.2) is 5.96 Å². The Morgan fingerprint density at radius 3 is 2.24 bits per heavy atom. The zero-order chi connectivity index (χ0) is 17.9. The number of nitrogens with zero attached hydrogens (tertiary/aromatic N) is 1. The van der Waals surface area contributed by atoms with E-state index in [9.17, 15) is 4.79 Å². The normalized spacial score (nSPS) is 12.3. The van der Waals surface area contributed by atoms with E-state index in [-0.39, 0.29) is 41.8 Å². The van der Waals surface area contributed by atoms with E-state index in [1.807, 2.05) is 20.8 Å². The van der Waals surface area contributed by atoms with Gasteiger partial charge in [0.1, 0.15) is 0 Å². The maximum atomic E-state index is 11.5. The lowest BCUT2D eigenvalue weighted by molar-refractivity contribution is -0.123. The average molecular weight is 460 g/mol. The molecule has 5 nitrogen and oxygen atoms in total. The van der Waals surface area contributed by atoms with E-state index < -0.39 is 0 Å². The number of benzene rings is 1. The van der Waals surface area contributed by atoms with Gasteiger partial charge in [0.25, 0.3) is 0 Å². The number of guanidine groups is 1. The number of aliphatic imine (C=N–C) groups is 1. The minimum Gasteiger partial charge on any atom is -0.357 e. The highest BCUT2D eigenvalue weighted by Gasteiger charge is 2.08. The molecular weight excluding hydrogens is 427 g/mol. The van der Waals surface area contributed by atoms with Crippen molar-refractivity contribution in [3.63, 3.8) is 0 Å². The second-order valence-corrected chi connectivity index (χ2v) is 6.17. The number of rotatable bonds is 8. The molecule has 1 unspecified atom stereocenters. The zero-order valence-corrected chi connectivity index (χ0v) is 18.4. The maximum Gasteiger partial charge on any atom is 0.222 e. The van der Waals surface area contributed by atoms with Crippen molar-refractivity contribution in [2.45, 2.75) is 47.1 Å². The van der Waals surface area contributed by atoms with Crippen LogP contribution >= 0.6 is 24.0 Å². The SMILES string of the molecule is CCNC(=NCCNC(=O)C(C)C)NC(C)c1ccc(CC)cc1.I. The van der Waals surface area contributed by atoms with Crippen LogP contribution in [0, 0.1) is 5.92 Å². The van der Waals surface area contributed by atoms with Crippen LogP contribution < -0.4 is 16.0 Å². The highest BCUT2D eigenvalue weighted by atomic mass is 127. The van der Waals surface area contributed by atoms with Crippen molar-refractivity contribution >= 4 is 35.8 Å². The Labute approximate surface area is 169 Å². The van der Waals surface area contributed by atoms with Gasteiger partial charge in [-0.1, -0.05) is 45.0 Å². The number of carbonyl (C=O) groups is 1. The Bertz CT molecular complexity index is 529. The summed E-state index contributed by atoms with van der Waals surface area (Å²) in [6.45, 7) is 12.0. The van der Waals surface area contributed by atoms with E-state index in [1.54, 1.807) is 0 Å². The summed E-state index contributed by atoms with van der Waals surface area (Å²) in [6.07, 6.45) is 1.05. The predicted octanol–water partition coefficient (Wildman–Crippen LogP) is 3.26. The number of carbonyl (C=O) groups excluding carboxylic acids is 1. The molecule has 1 rings (SSSR count). The second-order valence-electron chi connectivity index (χ2n) is 6.17. The number of amides is 1. The number of halogens is 1. The van der Waals surface area contributed by atoms with Crippen molar-refractivity contribution in [3.8, 4) is 0 Å². The second kappa shape index (κ2) is 13.0. The van der Waals surface area contributed by atoms with Gasteiger partial charge >= 0.3 is 0 Å². The van der Waals surface area contributed by atoms with Gasteiger partial charge in [0, 0.05) is 19.0 Å². The molecule has 1 amide bonds. The number of hydrogen-bond acceptors (Lipinski definition) is 2. The standard InChI is InChI=1S/C19H32N4O.HI/c1-6-16-8-10-17(11-9-16)15(5)23-19(20-7-2)22-13-12-21-18(24)14(3)4;/h8-11,14-15H,6-7,12-13H2,1-5H3,(H,21,24)(H2,20,22,23);1H. The van der Waals surface area contributed by atoms with Crippen molar-refractivity contribution in [1.82, 2.24) is 16.0 Å². The van der Waals surface area contributed by atoms with E-state index in [0.29, 0.717) is 13.1 Å². The van der Waals surface area contributed by atoms with Crippen LogP contribution in [0.25, 0.3) is 0 Å². The third kappa shape index (κ3) is 9.09. The molecule has 25 heavy (non-hydrogen) atoms. The first-order valence-electron chi connectivity index (χ1n) is 8.89. The number of aryl methyl sites for hydroxylation is 1. The lowest BCUT2D eigenvalue weighted by Gasteiger charge is -2.18. The molecule has 0 bridgehead atoms. The molecule has 1 aromatic rings. The highest BCUT2D eigenvalue weighted by molar-refractivity contribution is 14.0. The Hall–Kier alpha value is -1.31. The molecule has 6 heteroatoms. The van der Waals surface area contributed by atoms with Gasteiger partial charge in [-0.3, -0.25) is 9.79 Å². The van der Waals surface area contributed by atoms with E-state index >= 15 is 0 Å². The third-order valence-corrected chi connectivity index (χ3v) is 3.79. The van der Waals surface area contributed by atoms with Gasteiger partial charge in [-0.05, 0) is 31.4 Å². The first-order valence-corrected chi connectivity index (χ1v) is 8.89. The minimum absolute atomic E-state index is 0. The van der Waals surface area contributed by atoms with Crippen LogP contribution in [0.2, 0.25) is 0 Å². The predicted molar refractivity (Wildman–Crippen MR) is 117 cm³/mol. The van der Waals surface area contributed by atoms with Crippen LogP contribution in [0.4, 0.5) is 0 Å². The summed E-state index contributed by atoms with van der Waals surface area (Å²) in [5.74, 6) is 0.836. The summed E-state index contributed by atoms with van der Waals surface area (Å²) in [7, 11) is 0. The fourth-order valence-corrected chi connectivity index (χ4v) is 2.20. The van der Waals surface area contributed by atoms with E-state index in [4.69, 9.17) is 0 Å². The molecule has 0 saturated carbocycles. The quantitative estimate of drug-likeness (QED) is 0.242. The minimum atomic E-state index is 0. The van der Waals surface area contributed by atoms with Crippen LogP contribution in [-0.2, 0) is 11.2 Å². The summed E-state index contributed by atoms with van der Waals surface area (Å²) in [5, 5.41) is 9.53. The van der Waals surface area contributed by atoms with Crippen LogP contribution in [0.3, 0.4) is 0 Å². The zero-order valence-electron chi connectivity index (χ0n) is 16.1. The van der Waals surface area contributed by atoms with Crippen LogP contribution in [-0.4, -0.2) is 31.5 Å². The first-order chi connectivity index (χ1) is 11.5. The number of hydrogen-bond donors (Lipinski definition) is 3. The number of nitrogens with one attached hydrogen (secondary N) is 3. The van der Waals surface area contributed by atoms with E-state index in [2.05, 4.69) is 59.1 Å². The molecule has 0 aliphatic carbocycles. The summed E-state index contributed by atoms with van der Waals surface area (Å²) < 4.78 is 0. The van der Waals surface area contributed by atoms with Crippen molar-refractivity contribution in [1.29, 1.82) is 0 Å². The van der Waals surface area contributed by atoms with Crippen molar-refractivity contribution < 1.29 is 4.79 Å². The molecule has 142 valence electrons. The highest BCUT2D eigenvalue weighted by Crippen LogP contribution is 2.13. The summed E-state index contributed by atoms with van der Waals surface area (Å²) in [4.78, 5) is 16.1. The van der Waals surface area contributed by atoms with Crippen LogP contribution in [0.15, 0.2) is 29.3 Å². The molecule has 0 aliphatic heterocycles. The molecule has 0 aliphatic rings. The largest absolute Gasteiger partial charge is 0.357 e. The van der Waals surface area contributed by atoms with E-state index in [1.165, 1.54) is 11.1 Å². The monoisotopic (exact) mass is 460 g/mol. The smallest absolute Gasteiger partial charge is 0.222 e. The maximum absolute atomic E-state index is 11.5. The van der Waals surface area contributed by atoms with E-state index in [0.717, 1.165) is 18.9 Å². The Balaban J connectivity index is 0.00000576. The fraction of sp³-hybridized carbons (Fsp3) is 0.579. The summed E-state index contributed by atoms with van der Waals surface area (Å²) in [6, 6.07) is 8.81. The van der Waals surface area contributed by atoms with Crippen molar-refractivity contribution in [2.75, 3.05) is 19.6 Å².